The molecule has 3 heteroatoms. The van der Waals surface area contributed by atoms with Gasteiger partial charge in [-0.05, 0) is 50.4 Å². The molecule has 1 aliphatic heterocycles. The number of piperidine rings is 1. The molecule has 118 valence electrons. The minimum atomic E-state index is 0.588. The highest BCUT2D eigenvalue weighted by atomic mass is 16.5. The molecule has 0 spiro atoms. The molecular formula is C18H30N2O. The average molecular weight is 290 g/mol. The van der Waals surface area contributed by atoms with Gasteiger partial charge in [-0.15, -0.1) is 0 Å². The van der Waals surface area contributed by atoms with E-state index in [0.717, 1.165) is 31.4 Å². The molecule has 1 aromatic carbocycles. The summed E-state index contributed by atoms with van der Waals surface area (Å²) in [4.78, 5) is 2.55. The van der Waals surface area contributed by atoms with Crippen molar-refractivity contribution < 1.29 is 4.74 Å². The molecule has 0 saturated carbocycles. The first-order valence-corrected chi connectivity index (χ1v) is 8.29. The molecule has 1 unspecified atom stereocenters. The van der Waals surface area contributed by atoms with Gasteiger partial charge in [-0.1, -0.05) is 32.0 Å². The highest BCUT2D eigenvalue weighted by Gasteiger charge is 2.19. The molecule has 0 bridgehead atoms. The van der Waals surface area contributed by atoms with E-state index in [-0.39, 0.29) is 0 Å². The summed E-state index contributed by atoms with van der Waals surface area (Å²) < 4.78 is 5.92. The summed E-state index contributed by atoms with van der Waals surface area (Å²) in [5.74, 6) is 1.81. The zero-order valence-corrected chi connectivity index (χ0v) is 13.8. The van der Waals surface area contributed by atoms with Crippen LogP contribution in [0.4, 0.5) is 0 Å². The van der Waals surface area contributed by atoms with Crippen molar-refractivity contribution in [3.8, 4) is 5.75 Å². The lowest BCUT2D eigenvalue weighted by atomic mass is 9.98. The summed E-state index contributed by atoms with van der Waals surface area (Å²) in [7, 11) is 0. The number of benzene rings is 1. The lowest BCUT2D eigenvalue weighted by Gasteiger charge is -2.33. The van der Waals surface area contributed by atoms with Gasteiger partial charge in [-0.25, -0.2) is 0 Å². The van der Waals surface area contributed by atoms with Gasteiger partial charge in [0.05, 0.1) is 0 Å². The molecule has 1 aliphatic rings. The third kappa shape index (κ3) is 5.68. The quantitative estimate of drug-likeness (QED) is 0.835. The van der Waals surface area contributed by atoms with E-state index in [0.29, 0.717) is 6.04 Å². The largest absolute Gasteiger partial charge is 0.492 e. The van der Waals surface area contributed by atoms with Gasteiger partial charge in [0.1, 0.15) is 12.4 Å². The van der Waals surface area contributed by atoms with Crippen molar-refractivity contribution in [1.29, 1.82) is 0 Å². The summed E-state index contributed by atoms with van der Waals surface area (Å²) in [5.41, 5.74) is 1.22. The smallest absolute Gasteiger partial charge is 0.122 e. The van der Waals surface area contributed by atoms with E-state index in [1.54, 1.807) is 0 Å². The molecule has 1 aromatic rings. The van der Waals surface area contributed by atoms with Crippen molar-refractivity contribution in [2.75, 3.05) is 32.8 Å². The number of hydrogen-bond donors (Lipinski definition) is 1. The first-order valence-electron chi connectivity index (χ1n) is 8.29. The second-order valence-electron chi connectivity index (χ2n) is 6.49. The first kappa shape index (κ1) is 16.3. The molecule has 1 heterocycles. The van der Waals surface area contributed by atoms with Gasteiger partial charge in [0.25, 0.3) is 0 Å². The van der Waals surface area contributed by atoms with Crippen LogP contribution in [0.5, 0.6) is 5.75 Å². The normalized spacial score (nSPS) is 19.9. The van der Waals surface area contributed by atoms with Crippen LogP contribution in [0.25, 0.3) is 0 Å². The Bertz CT molecular complexity index is 419. The Labute approximate surface area is 129 Å². The van der Waals surface area contributed by atoms with E-state index in [4.69, 9.17) is 4.74 Å². The summed E-state index contributed by atoms with van der Waals surface area (Å²) in [5, 5.41) is 3.57. The molecular weight excluding hydrogens is 260 g/mol. The minimum absolute atomic E-state index is 0.588. The Morgan fingerprint density at radius 2 is 2.14 bits per heavy atom. The van der Waals surface area contributed by atoms with Gasteiger partial charge in [0.2, 0.25) is 0 Å². The molecule has 0 amide bonds. The van der Waals surface area contributed by atoms with Gasteiger partial charge in [0, 0.05) is 19.1 Å². The monoisotopic (exact) mass is 290 g/mol. The maximum atomic E-state index is 5.92. The second kappa shape index (κ2) is 8.40. The number of para-hydroxylation sites is 1. The average Bonchev–Trinajstić information content (AvgIpc) is 2.48. The number of likely N-dealkylation sites (tertiary alicyclic amines) is 1. The van der Waals surface area contributed by atoms with Crippen LogP contribution in [0.1, 0.15) is 32.3 Å². The van der Waals surface area contributed by atoms with Crippen LogP contribution in [0.2, 0.25) is 0 Å². The SMILES string of the molecule is Cc1ccccc1OCCN1CCCC(CNC(C)C)C1. The van der Waals surface area contributed by atoms with Crippen LogP contribution in [0.3, 0.4) is 0 Å². The Kier molecular flexibility index (Phi) is 6.52. The third-order valence-corrected chi connectivity index (χ3v) is 4.18. The number of hydrogen-bond acceptors (Lipinski definition) is 3. The van der Waals surface area contributed by atoms with E-state index in [9.17, 15) is 0 Å². The summed E-state index contributed by atoms with van der Waals surface area (Å²) in [6, 6.07) is 8.84. The van der Waals surface area contributed by atoms with Crippen LogP contribution < -0.4 is 10.1 Å². The van der Waals surface area contributed by atoms with Crippen molar-refractivity contribution >= 4 is 0 Å². The van der Waals surface area contributed by atoms with Crippen molar-refractivity contribution in [3.05, 3.63) is 29.8 Å². The minimum Gasteiger partial charge on any atom is -0.492 e. The summed E-state index contributed by atoms with van der Waals surface area (Å²) >= 11 is 0. The van der Waals surface area contributed by atoms with Crippen molar-refractivity contribution in [2.24, 2.45) is 5.92 Å². The zero-order chi connectivity index (χ0) is 15.1. The Morgan fingerprint density at radius 3 is 2.90 bits per heavy atom. The van der Waals surface area contributed by atoms with Crippen LogP contribution in [0, 0.1) is 12.8 Å². The predicted molar refractivity (Wildman–Crippen MR) is 89.0 cm³/mol. The number of ether oxygens (including phenoxy) is 1. The molecule has 1 saturated heterocycles. The van der Waals surface area contributed by atoms with Gasteiger partial charge in [0.15, 0.2) is 0 Å². The van der Waals surface area contributed by atoms with Gasteiger partial charge in [-0.2, -0.15) is 0 Å². The standard InChI is InChI=1S/C18H30N2O/c1-15(2)19-13-17-8-6-10-20(14-17)11-12-21-18-9-5-4-7-16(18)3/h4-5,7,9,15,17,19H,6,8,10-14H2,1-3H3. The Balaban J connectivity index is 1.69. The molecule has 1 atom stereocenters. The Morgan fingerprint density at radius 1 is 1.33 bits per heavy atom. The van der Waals surface area contributed by atoms with Crippen LogP contribution in [0.15, 0.2) is 24.3 Å². The van der Waals surface area contributed by atoms with E-state index in [2.05, 4.69) is 49.2 Å². The molecule has 0 aliphatic carbocycles. The van der Waals surface area contributed by atoms with Crippen LogP contribution in [-0.4, -0.2) is 43.7 Å². The fraction of sp³-hybridized carbons (Fsp3) is 0.667. The molecule has 3 nitrogen and oxygen atoms in total. The highest BCUT2D eigenvalue weighted by Crippen LogP contribution is 2.18. The topological polar surface area (TPSA) is 24.5 Å². The van der Waals surface area contributed by atoms with E-state index in [1.165, 1.54) is 31.5 Å². The number of rotatable bonds is 7. The predicted octanol–water partition coefficient (Wildman–Crippen LogP) is 3.08. The van der Waals surface area contributed by atoms with Crippen LogP contribution in [-0.2, 0) is 0 Å². The molecule has 21 heavy (non-hydrogen) atoms. The fourth-order valence-corrected chi connectivity index (χ4v) is 2.93. The van der Waals surface area contributed by atoms with E-state index >= 15 is 0 Å². The van der Waals surface area contributed by atoms with E-state index in [1.807, 2.05) is 6.07 Å². The molecule has 0 aromatic heterocycles. The summed E-state index contributed by atoms with van der Waals surface area (Å²) in [6.07, 6.45) is 2.67. The highest BCUT2D eigenvalue weighted by molar-refractivity contribution is 5.31. The lowest BCUT2D eigenvalue weighted by Crippen LogP contribution is -2.42. The lowest BCUT2D eigenvalue weighted by molar-refractivity contribution is 0.144. The summed E-state index contributed by atoms with van der Waals surface area (Å²) in [6.45, 7) is 11.9. The number of nitrogens with zero attached hydrogens (tertiary/aromatic N) is 1. The van der Waals surface area contributed by atoms with Gasteiger partial charge in [-0.3, -0.25) is 4.90 Å². The fourth-order valence-electron chi connectivity index (χ4n) is 2.93. The van der Waals surface area contributed by atoms with Crippen molar-refractivity contribution in [2.45, 2.75) is 39.7 Å². The first-order chi connectivity index (χ1) is 10.1. The maximum Gasteiger partial charge on any atom is 0.122 e. The molecule has 1 N–H and O–H groups in total. The number of nitrogens with one attached hydrogen (secondary N) is 1. The maximum absolute atomic E-state index is 5.92. The van der Waals surface area contributed by atoms with Gasteiger partial charge >= 0.3 is 0 Å². The van der Waals surface area contributed by atoms with Gasteiger partial charge < -0.3 is 10.1 Å². The van der Waals surface area contributed by atoms with Crippen molar-refractivity contribution in [1.82, 2.24) is 10.2 Å². The third-order valence-electron chi connectivity index (χ3n) is 4.18. The zero-order valence-electron chi connectivity index (χ0n) is 13.8. The van der Waals surface area contributed by atoms with E-state index < -0.39 is 0 Å². The second-order valence-corrected chi connectivity index (χ2v) is 6.49. The number of aryl methyl sites for hydroxylation is 1. The van der Waals surface area contributed by atoms with Crippen LogP contribution >= 0.6 is 0 Å². The molecule has 2 rings (SSSR count). The molecule has 1 fully saturated rings. The Hall–Kier alpha value is -1.06. The van der Waals surface area contributed by atoms with Crippen molar-refractivity contribution in [3.63, 3.8) is 0 Å². The molecule has 0 radical (unpaired) electrons.